The molecule has 1 aromatic carbocycles. The minimum atomic E-state index is -0.272. The summed E-state index contributed by atoms with van der Waals surface area (Å²) in [5.41, 5.74) is 0.542. The first kappa shape index (κ1) is 17.4. The van der Waals surface area contributed by atoms with Crippen LogP contribution in [0.2, 0.25) is 5.02 Å². The summed E-state index contributed by atoms with van der Waals surface area (Å²) in [6.07, 6.45) is 1.77. The molecule has 3 rings (SSSR count). The molecule has 1 saturated heterocycles. The summed E-state index contributed by atoms with van der Waals surface area (Å²) in [5.74, 6) is 0.579. The molecule has 0 spiro atoms. The molecule has 2 aromatic rings. The smallest absolute Gasteiger partial charge is 0.129 e. The fraction of sp³-hybridized carbons (Fsp3) is 0.444. The Kier molecular flexibility index (Phi) is 5.89. The van der Waals surface area contributed by atoms with Crippen molar-refractivity contribution in [3.05, 3.63) is 58.8 Å². The summed E-state index contributed by atoms with van der Waals surface area (Å²) in [6.45, 7) is 5.34. The maximum atomic E-state index is 14.5. The molecule has 0 aliphatic carbocycles. The number of hydrogen-bond donors (Lipinski definition) is 1. The van der Waals surface area contributed by atoms with Crippen molar-refractivity contribution in [2.24, 2.45) is 0 Å². The lowest BCUT2D eigenvalue weighted by Gasteiger charge is -2.38. The first-order chi connectivity index (χ1) is 11.6. The highest BCUT2D eigenvalue weighted by Crippen LogP contribution is 2.31. The van der Waals surface area contributed by atoms with Crippen LogP contribution < -0.4 is 5.32 Å². The van der Waals surface area contributed by atoms with Gasteiger partial charge in [-0.1, -0.05) is 17.7 Å². The minimum Gasteiger partial charge on any atom is -0.468 e. The molecular weight excluding hydrogens is 331 g/mol. The van der Waals surface area contributed by atoms with Crippen molar-refractivity contribution in [1.29, 1.82) is 0 Å². The molecule has 130 valence electrons. The van der Waals surface area contributed by atoms with Gasteiger partial charge in [0, 0.05) is 30.2 Å². The third-order valence-corrected chi connectivity index (χ3v) is 4.59. The van der Waals surface area contributed by atoms with Gasteiger partial charge in [-0.15, -0.1) is 0 Å². The van der Waals surface area contributed by atoms with Crippen molar-refractivity contribution in [3.8, 4) is 0 Å². The van der Waals surface area contributed by atoms with Gasteiger partial charge in [0.15, 0.2) is 0 Å². The van der Waals surface area contributed by atoms with E-state index in [2.05, 4.69) is 10.2 Å². The quantitative estimate of drug-likeness (QED) is 0.861. The summed E-state index contributed by atoms with van der Waals surface area (Å²) in [5, 5.41) is 3.81. The topological polar surface area (TPSA) is 37.6 Å². The van der Waals surface area contributed by atoms with Crippen LogP contribution >= 0.6 is 11.6 Å². The summed E-state index contributed by atoms with van der Waals surface area (Å²) >= 11 is 6.31. The highest BCUT2D eigenvalue weighted by Gasteiger charge is 2.28. The highest BCUT2D eigenvalue weighted by atomic mass is 35.5. The summed E-state index contributed by atoms with van der Waals surface area (Å²) < 4.78 is 25.4. The molecule has 0 radical (unpaired) electrons. The van der Waals surface area contributed by atoms with Gasteiger partial charge < -0.3 is 14.5 Å². The maximum Gasteiger partial charge on any atom is 0.129 e. The van der Waals surface area contributed by atoms with Gasteiger partial charge in [-0.05, 0) is 31.2 Å². The molecule has 1 aliphatic rings. The number of rotatable bonds is 6. The summed E-state index contributed by atoms with van der Waals surface area (Å²) in [4.78, 5) is 2.23. The van der Waals surface area contributed by atoms with Gasteiger partial charge in [0.05, 0.1) is 31.6 Å². The van der Waals surface area contributed by atoms with Crippen LogP contribution in [-0.2, 0) is 11.3 Å². The molecule has 1 N–H and O–H groups in total. The largest absolute Gasteiger partial charge is 0.468 e. The van der Waals surface area contributed by atoms with Crippen molar-refractivity contribution in [1.82, 2.24) is 10.2 Å². The van der Waals surface area contributed by atoms with Crippen molar-refractivity contribution in [3.63, 3.8) is 0 Å². The fourth-order valence-electron chi connectivity index (χ4n) is 3.12. The average Bonchev–Trinajstić information content (AvgIpc) is 3.06. The second-order valence-corrected chi connectivity index (χ2v) is 6.44. The molecule has 2 unspecified atom stereocenters. The van der Waals surface area contributed by atoms with Crippen molar-refractivity contribution in [2.45, 2.75) is 25.6 Å². The van der Waals surface area contributed by atoms with Gasteiger partial charge >= 0.3 is 0 Å². The lowest BCUT2D eigenvalue weighted by molar-refractivity contribution is -0.0349. The average molecular weight is 353 g/mol. The van der Waals surface area contributed by atoms with Crippen LogP contribution in [0.15, 0.2) is 41.0 Å². The molecule has 24 heavy (non-hydrogen) atoms. The molecule has 2 atom stereocenters. The highest BCUT2D eigenvalue weighted by molar-refractivity contribution is 6.31. The van der Waals surface area contributed by atoms with Gasteiger partial charge in [0.1, 0.15) is 11.6 Å². The zero-order chi connectivity index (χ0) is 16.9. The maximum absolute atomic E-state index is 14.5. The SMILES string of the molecule is CC1CN(C(CNCc2ccco2)c2c(F)cccc2Cl)CCO1. The molecule has 6 heteroatoms. The van der Waals surface area contributed by atoms with Crippen molar-refractivity contribution < 1.29 is 13.5 Å². The van der Waals surface area contributed by atoms with E-state index in [-0.39, 0.29) is 18.0 Å². The molecule has 2 heterocycles. The van der Waals surface area contributed by atoms with Gasteiger partial charge in [-0.3, -0.25) is 4.90 Å². The molecule has 0 saturated carbocycles. The van der Waals surface area contributed by atoms with E-state index in [0.29, 0.717) is 30.3 Å². The van der Waals surface area contributed by atoms with Crippen LogP contribution in [0.4, 0.5) is 4.39 Å². The molecule has 0 amide bonds. The van der Waals surface area contributed by atoms with Crippen LogP contribution in [0.3, 0.4) is 0 Å². The van der Waals surface area contributed by atoms with Gasteiger partial charge in [0.25, 0.3) is 0 Å². The van der Waals surface area contributed by atoms with Crippen LogP contribution in [-0.4, -0.2) is 37.2 Å². The number of furan rings is 1. The number of morpholine rings is 1. The Bertz CT molecular complexity index is 630. The number of ether oxygens (including phenoxy) is 1. The Balaban J connectivity index is 1.77. The Labute approximate surface area is 146 Å². The zero-order valence-corrected chi connectivity index (χ0v) is 14.4. The number of benzene rings is 1. The second kappa shape index (κ2) is 8.12. The third kappa shape index (κ3) is 4.16. The van der Waals surface area contributed by atoms with Crippen LogP contribution in [0, 0.1) is 5.82 Å². The van der Waals surface area contributed by atoms with E-state index in [1.165, 1.54) is 6.07 Å². The zero-order valence-electron chi connectivity index (χ0n) is 13.7. The first-order valence-electron chi connectivity index (χ1n) is 8.18. The number of nitrogens with zero attached hydrogens (tertiary/aromatic N) is 1. The first-order valence-corrected chi connectivity index (χ1v) is 8.55. The van der Waals surface area contributed by atoms with E-state index in [4.69, 9.17) is 20.8 Å². The Morgan fingerprint density at radius 2 is 2.25 bits per heavy atom. The van der Waals surface area contributed by atoms with Gasteiger partial charge in [0.2, 0.25) is 0 Å². The molecule has 1 fully saturated rings. The third-order valence-electron chi connectivity index (χ3n) is 4.26. The predicted octanol–water partition coefficient (Wildman–Crippen LogP) is 3.62. The van der Waals surface area contributed by atoms with E-state index >= 15 is 0 Å². The van der Waals surface area contributed by atoms with E-state index in [9.17, 15) is 4.39 Å². The summed E-state index contributed by atoms with van der Waals surface area (Å²) in [7, 11) is 0. The summed E-state index contributed by atoms with van der Waals surface area (Å²) in [6, 6.07) is 8.45. The fourth-order valence-corrected chi connectivity index (χ4v) is 3.41. The lowest BCUT2D eigenvalue weighted by Crippen LogP contribution is -2.46. The van der Waals surface area contributed by atoms with Gasteiger partial charge in [-0.2, -0.15) is 0 Å². The standard InChI is InChI=1S/C18H22ClFN2O2/c1-13-12-22(7-9-23-13)17(11-21-10-14-4-3-8-24-14)18-15(19)5-2-6-16(18)20/h2-6,8,13,17,21H,7,9-12H2,1H3. The molecule has 4 nitrogen and oxygen atoms in total. The number of hydrogen-bond acceptors (Lipinski definition) is 4. The molecule has 1 aliphatic heterocycles. The van der Waals surface area contributed by atoms with Crippen LogP contribution in [0.25, 0.3) is 0 Å². The Hall–Kier alpha value is -1.40. The monoisotopic (exact) mass is 352 g/mol. The van der Waals surface area contributed by atoms with E-state index in [1.807, 2.05) is 19.1 Å². The van der Waals surface area contributed by atoms with E-state index in [1.54, 1.807) is 18.4 Å². The van der Waals surface area contributed by atoms with E-state index in [0.717, 1.165) is 18.8 Å². The molecular formula is C18H22ClFN2O2. The minimum absolute atomic E-state index is 0.122. The van der Waals surface area contributed by atoms with Crippen LogP contribution in [0.5, 0.6) is 0 Å². The normalized spacial score (nSPS) is 20.2. The Morgan fingerprint density at radius 3 is 2.96 bits per heavy atom. The molecule has 1 aromatic heterocycles. The number of halogens is 2. The number of nitrogens with one attached hydrogen (secondary N) is 1. The van der Waals surface area contributed by atoms with Gasteiger partial charge in [-0.25, -0.2) is 4.39 Å². The predicted molar refractivity (Wildman–Crippen MR) is 91.6 cm³/mol. The Morgan fingerprint density at radius 1 is 1.38 bits per heavy atom. The van der Waals surface area contributed by atoms with E-state index < -0.39 is 0 Å². The lowest BCUT2D eigenvalue weighted by atomic mass is 10.0. The van der Waals surface area contributed by atoms with Crippen molar-refractivity contribution in [2.75, 3.05) is 26.2 Å². The second-order valence-electron chi connectivity index (χ2n) is 6.04. The molecule has 0 bridgehead atoms. The van der Waals surface area contributed by atoms with Crippen molar-refractivity contribution >= 4 is 11.6 Å². The van der Waals surface area contributed by atoms with Crippen LogP contribution in [0.1, 0.15) is 24.3 Å².